The topological polar surface area (TPSA) is 37.3 Å². The third-order valence-corrected chi connectivity index (χ3v) is 1.34. The number of aliphatic hydroxyl groups excluding tert-OH is 1. The second-order valence-electron chi connectivity index (χ2n) is 2.25. The molecule has 0 spiro atoms. The molecular weight excluding hydrogens is 128 g/mol. The molecule has 10 heavy (non-hydrogen) atoms. The van der Waals surface area contributed by atoms with Crippen LogP contribution in [0.25, 0.3) is 0 Å². The van der Waals surface area contributed by atoms with Gasteiger partial charge in [-0.1, -0.05) is 12.5 Å². The first-order valence-corrected chi connectivity index (χ1v) is 3.55. The van der Waals surface area contributed by atoms with Crippen molar-refractivity contribution in [3.63, 3.8) is 0 Å². The zero-order valence-corrected chi connectivity index (χ0v) is 6.12. The first-order valence-electron chi connectivity index (χ1n) is 3.55. The van der Waals surface area contributed by atoms with Crippen LogP contribution in [-0.4, -0.2) is 17.5 Å². The summed E-state index contributed by atoms with van der Waals surface area (Å²) in [4.78, 5) is 9.84. The number of unbranched alkanes of at least 4 members (excludes halogenated alkanes) is 2. The molecule has 0 aromatic rings. The monoisotopic (exact) mass is 142 g/mol. The van der Waals surface area contributed by atoms with Crippen molar-refractivity contribution in [3.8, 4) is 0 Å². The summed E-state index contributed by atoms with van der Waals surface area (Å²) in [5.74, 6) is 0. The first kappa shape index (κ1) is 9.37. The minimum Gasteiger partial charge on any atom is -0.389 e. The lowest BCUT2D eigenvalue weighted by Crippen LogP contribution is -2.00. The molecule has 0 saturated carbocycles. The molecule has 0 bridgehead atoms. The molecule has 0 saturated heterocycles. The van der Waals surface area contributed by atoms with Crippen LogP contribution in [0.3, 0.4) is 0 Å². The van der Waals surface area contributed by atoms with E-state index in [-0.39, 0.29) is 0 Å². The summed E-state index contributed by atoms with van der Waals surface area (Å²) in [6.07, 6.45) is 5.11. The van der Waals surface area contributed by atoms with Crippen molar-refractivity contribution in [1.29, 1.82) is 0 Å². The van der Waals surface area contributed by atoms with E-state index in [1.807, 2.05) is 0 Å². The predicted octanol–water partition coefficient (Wildman–Crippen LogP) is 1.29. The van der Waals surface area contributed by atoms with Gasteiger partial charge in [0.25, 0.3) is 0 Å². The highest BCUT2D eigenvalue weighted by Gasteiger charge is 1.95. The SMILES string of the molecule is C=CC(O)CCCCC=O. The molecule has 1 atom stereocenters. The van der Waals surface area contributed by atoms with Crippen LogP contribution in [0.1, 0.15) is 25.7 Å². The molecule has 0 aliphatic rings. The van der Waals surface area contributed by atoms with Crippen LogP contribution in [0.15, 0.2) is 12.7 Å². The maximum Gasteiger partial charge on any atom is 0.119 e. The van der Waals surface area contributed by atoms with E-state index in [1.54, 1.807) is 0 Å². The molecule has 0 radical (unpaired) electrons. The third kappa shape index (κ3) is 5.51. The highest BCUT2D eigenvalue weighted by atomic mass is 16.3. The first-order chi connectivity index (χ1) is 4.81. The van der Waals surface area contributed by atoms with Gasteiger partial charge in [0.05, 0.1) is 6.10 Å². The van der Waals surface area contributed by atoms with Crippen LogP contribution in [0, 0.1) is 0 Å². The van der Waals surface area contributed by atoms with E-state index in [0.717, 1.165) is 25.5 Å². The lowest BCUT2D eigenvalue weighted by Gasteiger charge is -2.01. The Bertz CT molecular complexity index is 99.4. The second-order valence-corrected chi connectivity index (χ2v) is 2.25. The second kappa shape index (κ2) is 6.49. The molecule has 0 aliphatic carbocycles. The van der Waals surface area contributed by atoms with Crippen LogP contribution in [0.2, 0.25) is 0 Å². The minimum absolute atomic E-state index is 0.397. The highest BCUT2D eigenvalue weighted by Crippen LogP contribution is 2.02. The lowest BCUT2D eigenvalue weighted by atomic mass is 10.1. The zero-order valence-electron chi connectivity index (χ0n) is 6.12. The summed E-state index contributed by atoms with van der Waals surface area (Å²) < 4.78 is 0. The molecule has 0 fully saturated rings. The Labute approximate surface area is 61.6 Å². The largest absolute Gasteiger partial charge is 0.389 e. The van der Waals surface area contributed by atoms with Gasteiger partial charge in [-0.15, -0.1) is 6.58 Å². The maximum atomic E-state index is 9.84. The smallest absolute Gasteiger partial charge is 0.119 e. The molecule has 1 N–H and O–H groups in total. The van der Waals surface area contributed by atoms with Gasteiger partial charge in [0.1, 0.15) is 6.29 Å². The molecule has 2 heteroatoms. The van der Waals surface area contributed by atoms with Crippen LogP contribution in [0.4, 0.5) is 0 Å². The van der Waals surface area contributed by atoms with Crippen LogP contribution in [-0.2, 0) is 4.79 Å². The van der Waals surface area contributed by atoms with Crippen LogP contribution in [0.5, 0.6) is 0 Å². The predicted molar refractivity (Wildman–Crippen MR) is 40.7 cm³/mol. The van der Waals surface area contributed by atoms with Gasteiger partial charge in [0.15, 0.2) is 0 Å². The molecule has 0 heterocycles. The molecule has 0 aromatic heterocycles. The average Bonchev–Trinajstić information content (AvgIpc) is 1.98. The van der Waals surface area contributed by atoms with E-state index < -0.39 is 6.10 Å². The van der Waals surface area contributed by atoms with Crippen molar-refractivity contribution >= 4 is 6.29 Å². The fraction of sp³-hybridized carbons (Fsp3) is 0.625. The lowest BCUT2D eigenvalue weighted by molar-refractivity contribution is -0.107. The Morgan fingerprint density at radius 2 is 2.20 bits per heavy atom. The van der Waals surface area contributed by atoms with Gasteiger partial charge in [0, 0.05) is 6.42 Å². The minimum atomic E-state index is -0.397. The summed E-state index contributed by atoms with van der Waals surface area (Å²) in [7, 11) is 0. The average molecular weight is 142 g/mol. The number of rotatable bonds is 6. The molecule has 0 amide bonds. The molecule has 2 nitrogen and oxygen atoms in total. The Kier molecular flexibility index (Phi) is 6.08. The summed E-state index contributed by atoms with van der Waals surface area (Å²) in [5, 5.41) is 8.95. The van der Waals surface area contributed by atoms with Crippen molar-refractivity contribution in [2.75, 3.05) is 0 Å². The number of carbonyl (C=O) groups excluding carboxylic acids is 1. The number of hydrogen-bond donors (Lipinski definition) is 1. The Balaban J connectivity index is 3.02. The highest BCUT2D eigenvalue weighted by molar-refractivity contribution is 5.48. The number of hydrogen-bond acceptors (Lipinski definition) is 2. The van der Waals surface area contributed by atoms with Crippen molar-refractivity contribution in [2.24, 2.45) is 0 Å². The fourth-order valence-corrected chi connectivity index (χ4v) is 0.699. The summed E-state index contributed by atoms with van der Waals surface area (Å²) in [6, 6.07) is 0. The van der Waals surface area contributed by atoms with Crippen LogP contribution < -0.4 is 0 Å². The maximum absolute atomic E-state index is 9.84. The van der Waals surface area contributed by atoms with E-state index in [4.69, 9.17) is 5.11 Å². The Morgan fingerprint density at radius 3 is 2.70 bits per heavy atom. The van der Waals surface area contributed by atoms with E-state index in [1.165, 1.54) is 6.08 Å². The number of aliphatic hydroxyl groups is 1. The molecule has 58 valence electrons. The number of carbonyl (C=O) groups is 1. The summed E-state index contributed by atoms with van der Waals surface area (Å²) >= 11 is 0. The van der Waals surface area contributed by atoms with Gasteiger partial charge >= 0.3 is 0 Å². The fourth-order valence-electron chi connectivity index (χ4n) is 0.699. The van der Waals surface area contributed by atoms with Crippen molar-refractivity contribution in [1.82, 2.24) is 0 Å². The van der Waals surface area contributed by atoms with E-state index in [0.29, 0.717) is 6.42 Å². The molecular formula is C8H14O2. The number of aldehydes is 1. The van der Waals surface area contributed by atoms with Gasteiger partial charge < -0.3 is 9.90 Å². The molecule has 1 unspecified atom stereocenters. The summed E-state index contributed by atoms with van der Waals surface area (Å²) in [6.45, 7) is 3.44. The van der Waals surface area contributed by atoms with Gasteiger partial charge in [-0.2, -0.15) is 0 Å². The van der Waals surface area contributed by atoms with E-state index >= 15 is 0 Å². The quantitative estimate of drug-likeness (QED) is 0.345. The third-order valence-electron chi connectivity index (χ3n) is 1.34. The summed E-state index contributed by atoms with van der Waals surface area (Å²) in [5.41, 5.74) is 0. The van der Waals surface area contributed by atoms with Gasteiger partial charge in [-0.3, -0.25) is 0 Å². The van der Waals surface area contributed by atoms with E-state index in [2.05, 4.69) is 6.58 Å². The van der Waals surface area contributed by atoms with Crippen molar-refractivity contribution in [3.05, 3.63) is 12.7 Å². The van der Waals surface area contributed by atoms with E-state index in [9.17, 15) is 4.79 Å². The van der Waals surface area contributed by atoms with Gasteiger partial charge in [0.2, 0.25) is 0 Å². The van der Waals surface area contributed by atoms with Gasteiger partial charge in [-0.25, -0.2) is 0 Å². The molecule has 0 rings (SSSR count). The molecule has 0 aromatic carbocycles. The van der Waals surface area contributed by atoms with Crippen LogP contribution >= 0.6 is 0 Å². The Hall–Kier alpha value is -0.630. The van der Waals surface area contributed by atoms with Gasteiger partial charge in [-0.05, 0) is 12.8 Å². The normalized spacial score (nSPS) is 12.5. The zero-order chi connectivity index (χ0) is 7.82. The molecule has 0 aliphatic heterocycles. The van der Waals surface area contributed by atoms with Crippen molar-refractivity contribution in [2.45, 2.75) is 31.8 Å². The standard InChI is InChI=1S/C8H14O2/c1-2-8(10)6-4-3-5-7-9/h2,7-8,10H,1,3-6H2. The Morgan fingerprint density at radius 1 is 1.50 bits per heavy atom. The van der Waals surface area contributed by atoms with Crippen molar-refractivity contribution < 1.29 is 9.90 Å².